The number of aliphatic carboxylic acids is 1. The van der Waals surface area contributed by atoms with E-state index in [1.54, 1.807) is 30.5 Å². The number of fused-ring (bicyclic) bond motifs is 1. The van der Waals surface area contributed by atoms with Gasteiger partial charge in [0.25, 0.3) is 5.89 Å². The lowest BCUT2D eigenvalue weighted by atomic mass is 10.1. The largest absolute Gasteiger partial charge is 0.489 e. The Morgan fingerprint density at radius 2 is 2.13 bits per heavy atom. The highest BCUT2D eigenvalue weighted by Crippen LogP contribution is 2.33. The van der Waals surface area contributed by atoms with Crippen LogP contribution >= 0.6 is 11.6 Å². The molecule has 0 amide bonds. The van der Waals surface area contributed by atoms with Gasteiger partial charge in [0.2, 0.25) is 5.82 Å². The van der Waals surface area contributed by atoms with Crippen molar-refractivity contribution in [2.75, 3.05) is 0 Å². The molecule has 7 nitrogen and oxygen atoms in total. The lowest BCUT2D eigenvalue weighted by molar-refractivity contribution is -0.136. The number of aromatic amines is 1. The summed E-state index contributed by atoms with van der Waals surface area (Å²) < 4.78 is 25.8. The zero-order valence-electron chi connectivity index (χ0n) is 16.8. The normalized spacial score (nSPS) is 11.4. The van der Waals surface area contributed by atoms with E-state index >= 15 is 0 Å². The van der Waals surface area contributed by atoms with Crippen molar-refractivity contribution < 1.29 is 23.6 Å². The molecule has 0 atom stereocenters. The average Bonchev–Trinajstić information content (AvgIpc) is 3.34. The van der Waals surface area contributed by atoms with Crippen LogP contribution in [0.25, 0.3) is 33.7 Å². The molecule has 0 fully saturated rings. The maximum atomic E-state index is 14.8. The standard InChI is InChI=1S/C22H19ClFN3O4/c1-11(2)30-19-5-3-12(7-16(19)23)22-26-21(27-31-22)15-9-18-14(8-17(15)24)13(10-25-18)4-6-20(28)29/h3,5,7-11,25H,4,6H2,1-2H3,(H,28,29). The minimum atomic E-state index is -0.908. The first-order valence-corrected chi connectivity index (χ1v) is 10.0. The molecule has 2 heterocycles. The molecule has 2 aromatic carbocycles. The summed E-state index contributed by atoms with van der Waals surface area (Å²) in [7, 11) is 0. The van der Waals surface area contributed by atoms with Crippen LogP contribution < -0.4 is 4.74 Å². The predicted octanol–water partition coefficient (Wildman–Crippen LogP) is 5.48. The topological polar surface area (TPSA) is 101 Å². The molecule has 0 radical (unpaired) electrons. The number of carboxylic acids is 1. The SMILES string of the molecule is CC(C)Oc1ccc(-c2nc(-c3cc4[nH]cc(CCC(=O)O)c4cc3F)no2)cc1Cl. The van der Waals surface area contributed by atoms with Crippen molar-refractivity contribution >= 4 is 28.5 Å². The van der Waals surface area contributed by atoms with Crippen molar-refractivity contribution in [3.8, 4) is 28.6 Å². The summed E-state index contributed by atoms with van der Waals surface area (Å²) in [4.78, 5) is 18.2. The van der Waals surface area contributed by atoms with E-state index in [2.05, 4.69) is 15.1 Å². The van der Waals surface area contributed by atoms with Gasteiger partial charge in [-0.05, 0) is 56.2 Å². The number of ether oxygens (including phenoxy) is 1. The second-order valence-electron chi connectivity index (χ2n) is 7.32. The third-order valence-corrected chi connectivity index (χ3v) is 4.97. The molecule has 2 aromatic heterocycles. The van der Waals surface area contributed by atoms with Gasteiger partial charge >= 0.3 is 5.97 Å². The van der Waals surface area contributed by atoms with E-state index in [9.17, 15) is 9.18 Å². The van der Waals surface area contributed by atoms with E-state index < -0.39 is 11.8 Å². The Kier molecular flexibility index (Phi) is 5.65. The van der Waals surface area contributed by atoms with Gasteiger partial charge in [0, 0.05) is 29.1 Å². The summed E-state index contributed by atoms with van der Waals surface area (Å²) >= 11 is 6.27. The molecule has 31 heavy (non-hydrogen) atoms. The molecule has 0 bridgehead atoms. The Hall–Kier alpha value is -3.39. The number of benzene rings is 2. The molecule has 9 heteroatoms. The molecule has 160 valence electrons. The molecule has 4 rings (SSSR count). The van der Waals surface area contributed by atoms with E-state index in [1.807, 2.05) is 13.8 Å². The Labute approximate surface area is 181 Å². The van der Waals surface area contributed by atoms with Crippen molar-refractivity contribution in [2.45, 2.75) is 32.8 Å². The third kappa shape index (κ3) is 4.39. The van der Waals surface area contributed by atoms with Crippen LogP contribution in [0.3, 0.4) is 0 Å². The van der Waals surface area contributed by atoms with Crippen LogP contribution in [0, 0.1) is 5.82 Å². The monoisotopic (exact) mass is 443 g/mol. The van der Waals surface area contributed by atoms with Gasteiger partial charge in [-0.15, -0.1) is 0 Å². The molecule has 2 N–H and O–H groups in total. The van der Waals surface area contributed by atoms with E-state index in [1.165, 1.54) is 6.07 Å². The molecule has 0 aliphatic carbocycles. The number of H-pyrrole nitrogens is 1. The van der Waals surface area contributed by atoms with Gasteiger partial charge in [-0.1, -0.05) is 16.8 Å². The molecule has 0 aliphatic heterocycles. The Morgan fingerprint density at radius 1 is 1.32 bits per heavy atom. The Morgan fingerprint density at radius 3 is 2.84 bits per heavy atom. The summed E-state index contributed by atoms with van der Waals surface area (Å²) in [5.74, 6) is -0.609. The van der Waals surface area contributed by atoms with E-state index in [4.69, 9.17) is 26.0 Å². The predicted molar refractivity (Wildman–Crippen MR) is 114 cm³/mol. The Balaban J connectivity index is 1.63. The molecular weight excluding hydrogens is 425 g/mol. The van der Waals surface area contributed by atoms with Gasteiger partial charge in [-0.25, -0.2) is 4.39 Å². The number of aryl methyl sites for hydroxylation is 1. The summed E-state index contributed by atoms with van der Waals surface area (Å²) in [6, 6.07) is 8.03. The number of hydrogen-bond donors (Lipinski definition) is 2. The smallest absolute Gasteiger partial charge is 0.303 e. The summed E-state index contributed by atoms with van der Waals surface area (Å²) in [5.41, 5.74) is 2.13. The van der Waals surface area contributed by atoms with Gasteiger partial charge in [0.15, 0.2) is 0 Å². The number of hydrogen-bond acceptors (Lipinski definition) is 5. The molecule has 0 saturated carbocycles. The van der Waals surface area contributed by atoms with E-state index in [0.717, 1.165) is 5.56 Å². The van der Waals surface area contributed by atoms with Gasteiger partial charge in [-0.3, -0.25) is 4.79 Å². The van der Waals surface area contributed by atoms with Crippen molar-refractivity contribution in [3.63, 3.8) is 0 Å². The molecular formula is C22H19ClFN3O4. The van der Waals surface area contributed by atoms with Crippen LogP contribution in [0.4, 0.5) is 4.39 Å². The lowest BCUT2D eigenvalue weighted by Gasteiger charge is -2.11. The molecule has 0 spiro atoms. The first-order valence-electron chi connectivity index (χ1n) is 9.63. The van der Waals surface area contributed by atoms with Crippen molar-refractivity contribution in [3.05, 3.63) is 52.9 Å². The van der Waals surface area contributed by atoms with Crippen LogP contribution in [0.5, 0.6) is 5.75 Å². The number of rotatable bonds is 7. The quantitative estimate of drug-likeness (QED) is 0.392. The number of aromatic nitrogens is 3. The Bertz CT molecular complexity index is 1270. The van der Waals surface area contributed by atoms with Crippen LogP contribution in [0.1, 0.15) is 25.8 Å². The van der Waals surface area contributed by atoms with Crippen LogP contribution in [0.15, 0.2) is 41.1 Å². The maximum Gasteiger partial charge on any atom is 0.303 e. The van der Waals surface area contributed by atoms with E-state index in [0.29, 0.717) is 33.7 Å². The molecule has 4 aromatic rings. The van der Waals surface area contributed by atoms with Gasteiger partial charge in [-0.2, -0.15) is 4.98 Å². The minimum Gasteiger partial charge on any atom is -0.489 e. The van der Waals surface area contributed by atoms with Gasteiger partial charge < -0.3 is 19.4 Å². The number of carbonyl (C=O) groups is 1. The fraction of sp³-hybridized carbons (Fsp3) is 0.227. The highest BCUT2D eigenvalue weighted by molar-refractivity contribution is 6.32. The van der Waals surface area contributed by atoms with Crippen LogP contribution in [-0.4, -0.2) is 32.3 Å². The van der Waals surface area contributed by atoms with Crippen molar-refractivity contribution in [1.82, 2.24) is 15.1 Å². The number of nitrogens with one attached hydrogen (secondary N) is 1. The third-order valence-electron chi connectivity index (χ3n) is 4.67. The summed E-state index contributed by atoms with van der Waals surface area (Å²) in [5, 5.41) is 13.8. The molecule has 0 saturated heterocycles. The zero-order chi connectivity index (χ0) is 22.1. The average molecular weight is 444 g/mol. The number of nitrogens with zero attached hydrogens (tertiary/aromatic N) is 2. The second kappa shape index (κ2) is 8.39. The highest BCUT2D eigenvalue weighted by atomic mass is 35.5. The van der Waals surface area contributed by atoms with Crippen LogP contribution in [-0.2, 0) is 11.2 Å². The lowest BCUT2D eigenvalue weighted by Crippen LogP contribution is -2.05. The van der Waals surface area contributed by atoms with Crippen molar-refractivity contribution in [1.29, 1.82) is 0 Å². The van der Waals surface area contributed by atoms with Crippen LogP contribution in [0.2, 0.25) is 5.02 Å². The maximum absolute atomic E-state index is 14.8. The first-order chi connectivity index (χ1) is 14.8. The molecule has 0 unspecified atom stereocenters. The summed E-state index contributed by atoms with van der Waals surface area (Å²) in [6.07, 6.45) is 1.93. The van der Waals surface area contributed by atoms with Gasteiger partial charge in [0.05, 0.1) is 16.7 Å². The van der Waals surface area contributed by atoms with E-state index in [-0.39, 0.29) is 29.8 Å². The number of carboxylic acid groups (broad SMARTS) is 1. The first kappa shape index (κ1) is 20.9. The summed E-state index contributed by atoms with van der Waals surface area (Å²) in [6.45, 7) is 3.80. The highest BCUT2D eigenvalue weighted by Gasteiger charge is 2.18. The van der Waals surface area contributed by atoms with Gasteiger partial charge in [0.1, 0.15) is 11.6 Å². The second-order valence-corrected chi connectivity index (χ2v) is 7.73. The fourth-order valence-electron chi connectivity index (χ4n) is 3.25. The molecule has 0 aliphatic rings. The fourth-order valence-corrected chi connectivity index (χ4v) is 3.48. The minimum absolute atomic E-state index is 0.0196. The van der Waals surface area contributed by atoms with Crippen molar-refractivity contribution in [2.24, 2.45) is 0 Å². The number of halogens is 2. The zero-order valence-corrected chi connectivity index (χ0v) is 17.5.